The minimum atomic E-state index is -0.555. The van der Waals surface area contributed by atoms with Crippen LogP contribution in [-0.2, 0) is 5.60 Å². The molecule has 1 aliphatic carbocycles. The summed E-state index contributed by atoms with van der Waals surface area (Å²) in [5, 5.41) is 12.5. The van der Waals surface area contributed by atoms with Crippen LogP contribution in [0.15, 0.2) is 40.9 Å². The molecule has 0 amide bonds. The van der Waals surface area contributed by atoms with E-state index in [-0.39, 0.29) is 0 Å². The van der Waals surface area contributed by atoms with Crippen LogP contribution >= 0.6 is 15.9 Å². The summed E-state index contributed by atoms with van der Waals surface area (Å²) in [6, 6.07) is 12.2. The lowest BCUT2D eigenvalue weighted by atomic mass is 9.99. The van der Waals surface area contributed by atoms with E-state index in [4.69, 9.17) is 0 Å². The van der Waals surface area contributed by atoms with Crippen molar-refractivity contribution in [1.29, 1.82) is 0 Å². The molecule has 0 heterocycles. The monoisotopic (exact) mass is 262 g/mol. The molecule has 2 aromatic carbocycles. The summed E-state index contributed by atoms with van der Waals surface area (Å²) in [7, 11) is 0. The number of halogens is 1. The average molecular weight is 263 g/mol. The normalized spacial score (nSPS) is 18.0. The Morgan fingerprint density at radius 1 is 1.00 bits per heavy atom. The molecule has 0 aliphatic heterocycles. The van der Waals surface area contributed by atoms with Gasteiger partial charge in [-0.15, -0.1) is 0 Å². The molecule has 2 heteroatoms. The van der Waals surface area contributed by atoms with E-state index in [1.165, 1.54) is 5.39 Å². The highest BCUT2D eigenvalue weighted by atomic mass is 79.9. The molecule has 0 radical (unpaired) electrons. The van der Waals surface area contributed by atoms with Crippen molar-refractivity contribution >= 4 is 26.7 Å². The summed E-state index contributed by atoms with van der Waals surface area (Å²) in [6.45, 7) is 0. The molecule has 0 bridgehead atoms. The van der Waals surface area contributed by atoms with Gasteiger partial charge >= 0.3 is 0 Å². The smallest absolute Gasteiger partial charge is 0.0904 e. The number of rotatable bonds is 1. The van der Waals surface area contributed by atoms with Gasteiger partial charge in [-0.25, -0.2) is 0 Å². The van der Waals surface area contributed by atoms with Crippen LogP contribution in [0.25, 0.3) is 10.8 Å². The van der Waals surface area contributed by atoms with Gasteiger partial charge in [-0.3, -0.25) is 0 Å². The molecule has 1 nitrogen and oxygen atoms in total. The van der Waals surface area contributed by atoms with Gasteiger partial charge in [0.25, 0.3) is 0 Å². The largest absolute Gasteiger partial charge is 0.385 e. The third kappa shape index (κ3) is 1.40. The zero-order valence-electron chi connectivity index (χ0n) is 8.20. The van der Waals surface area contributed by atoms with E-state index in [1.807, 2.05) is 24.3 Å². The van der Waals surface area contributed by atoms with Gasteiger partial charge in [-0.1, -0.05) is 46.3 Å². The average Bonchev–Trinajstić information content (AvgIpc) is 2.98. The zero-order valence-corrected chi connectivity index (χ0v) is 9.79. The zero-order chi connectivity index (χ0) is 10.5. The molecule has 2 aromatic rings. The number of hydrogen-bond acceptors (Lipinski definition) is 1. The van der Waals surface area contributed by atoms with Gasteiger partial charge in [-0.2, -0.15) is 0 Å². The SMILES string of the molecule is OC1(c2ccc(Br)c3ccccc23)CC1. The van der Waals surface area contributed by atoms with Crippen LogP contribution in [0.3, 0.4) is 0 Å². The third-order valence-corrected chi connectivity index (χ3v) is 3.79. The van der Waals surface area contributed by atoms with Crippen molar-refractivity contribution in [2.24, 2.45) is 0 Å². The fourth-order valence-electron chi connectivity index (χ4n) is 2.06. The Labute approximate surface area is 96.9 Å². The van der Waals surface area contributed by atoms with Crippen molar-refractivity contribution in [3.8, 4) is 0 Å². The maximum atomic E-state index is 10.2. The van der Waals surface area contributed by atoms with Crippen molar-refractivity contribution < 1.29 is 5.11 Å². The highest BCUT2D eigenvalue weighted by Crippen LogP contribution is 2.48. The number of hydrogen-bond donors (Lipinski definition) is 1. The molecule has 76 valence electrons. The lowest BCUT2D eigenvalue weighted by Gasteiger charge is -2.12. The topological polar surface area (TPSA) is 20.2 Å². The molecule has 1 aliphatic rings. The first-order valence-corrected chi connectivity index (χ1v) is 5.90. The molecule has 3 rings (SSSR count). The van der Waals surface area contributed by atoms with Crippen molar-refractivity contribution in [3.63, 3.8) is 0 Å². The quantitative estimate of drug-likeness (QED) is 0.833. The van der Waals surface area contributed by atoms with Gasteiger partial charge in [0.1, 0.15) is 0 Å². The van der Waals surface area contributed by atoms with Crippen LogP contribution < -0.4 is 0 Å². The first kappa shape index (κ1) is 9.37. The molecule has 0 atom stereocenters. The van der Waals surface area contributed by atoms with E-state index < -0.39 is 5.60 Å². The van der Waals surface area contributed by atoms with Crippen LogP contribution in [0.5, 0.6) is 0 Å². The summed E-state index contributed by atoms with van der Waals surface area (Å²) in [5.41, 5.74) is 0.515. The fraction of sp³-hybridized carbons (Fsp3) is 0.231. The molecule has 0 unspecified atom stereocenters. The summed E-state index contributed by atoms with van der Waals surface area (Å²) in [5.74, 6) is 0. The second-order valence-corrected chi connectivity index (χ2v) is 5.03. The molecule has 1 fully saturated rings. The van der Waals surface area contributed by atoms with Crippen molar-refractivity contribution in [2.45, 2.75) is 18.4 Å². The van der Waals surface area contributed by atoms with E-state index in [2.05, 4.69) is 28.1 Å². The molecule has 0 spiro atoms. The predicted octanol–water partition coefficient (Wildman–Crippen LogP) is 3.58. The Bertz CT molecular complexity index is 529. The molecule has 0 saturated heterocycles. The van der Waals surface area contributed by atoms with Crippen LogP contribution in [0.4, 0.5) is 0 Å². The second kappa shape index (κ2) is 3.06. The van der Waals surface area contributed by atoms with Crippen molar-refractivity contribution in [2.75, 3.05) is 0 Å². The van der Waals surface area contributed by atoms with Crippen molar-refractivity contribution in [3.05, 3.63) is 46.4 Å². The molecule has 1 saturated carbocycles. The minimum Gasteiger partial charge on any atom is -0.385 e. The minimum absolute atomic E-state index is 0.555. The molecular weight excluding hydrogens is 252 g/mol. The van der Waals surface area contributed by atoms with Crippen LogP contribution in [0.1, 0.15) is 18.4 Å². The van der Waals surface area contributed by atoms with E-state index in [9.17, 15) is 5.11 Å². The van der Waals surface area contributed by atoms with Crippen LogP contribution in [0.2, 0.25) is 0 Å². The highest BCUT2D eigenvalue weighted by Gasteiger charge is 2.43. The molecule has 0 aromatic heterocycles. The molecule has 15 heavy (non-hydrogen) atoms. The Morgan fingerprint density at radius 2 is 1.67 bits per heavy atom. The van der Waals surface area contributed by atoms with Gasteiger partial charge in [0, 0.05) is 4.47 Å². The van der Waals surface area contributed by atoms with Crippen LogP contribution in [0, 0.1) is 0 Å². The fourth-order valence-corrected chi connectivity index (χ4v) is 2.53. The number of benzene rings is 2. The van der Waals surface area contributed by atoms with E-state index in [0.717, 1.165) is 28.3 Å². The van der Waals surface area contributed by atoms with Gasteiger partial charge in [0.05, 0.1) is 5.60 Å². The first-order chi connectivity index (χ1) is 7.21. The van der Waals surface area contributed by atoms with E-state index in [1.54, 1.807) is 0 Å². The lowest BCUT2D eigenvalue weighted by Crippen LogP contribution is -2.04. The number of fused-ring (bicyclic) bond motifs is 1. The highest BCUT2D eigenvalue weighted by molar-refractivity contribution is 9.10. The summed E-state index contributed by atoms with van der Waals surface area (Å²) >= 11 is 3.54. The Morgan fingerprint density at radius 3 is 2.33 bits per heavy atom. The number of aliphatic hydroxyl groups is 1. The molecule has 1 N–H and O–H groups in total. The Kier molecular flexibility index (Phi) is 1.91. The Balaban J connectivity index is 2.36. The summed E-state index contributed by atoms with van der Waals surface area (Å²) in [6.07, 6.45) is 1.78. The van der Waals surface area contributed by atoms with Crippen molar-refractivity contribution in [1.82, 2.24) is 0 Å². The summed E-state index contributed by atoms with van der Waals surface area (Å²) in [4.78, 5) is 0. The predicted molar refractivity (Wildman–Crippen MR) is 64.8 cm³/mol. The van der Waals surface area contributed by atoms with Gasteiger partial charge in [-0.05, 0) is 35.2 Å². The first-order valence-electron chi connectivity index (χ1n) is 5.11. The van der Waals surface area contributed by atoms with Gasteiger partial charge in [0.2, 0.25) is 0 Å². The summed E-state index contributed by atoms with van der Waals surface area (Å²) < 4.78 is 1.09. The molecular formula is C13H11BrO. The Hall–Kier alpha value is -0.860. The van der Waals surface area contributed by atoms with Gasteiger partial charge < -0.3 is 5.11 Å². The van der Waals surface area contributed by atoms with E-state index >= 15 is 0 Å². The maximum absolute atomic E-state index is 10.2. The van der Waals surface area contributed by atoms with Crippen LogP contribution in [-0.4, -0.2) is 5.11 Å². The standard InChI is InChI=1S/C13H11BrO/c14-12-6-5-11(13(15)7-8-13)9-3-1-2-4-10(9)12/h1-6,15H,7-8H2. The van der Waals surface area contributed by atoms with E-state index in [0.29, 0.717) is 0 Å². The maximum Gasteiger partial charge on any atom is 0.0904 e. The third-order valence-electron chi connectivity index (χ3n) is 3.10. The van der Waals surface area contributed by atoms with Gasteiger partial charge in [0.15, 0.2) is 0 Å². The lowest BCUT2D eigenvalue weighted by molar-refractivity contribution is 0.153. The second-order valence-electron chi connectivity index (χ2n) is 4.17.